The Kier molecular flexibility index (Phi) is 2.35. The summed E-state index contributed by atoms with van der Waals surface area (Å²) in [5, 5.41) is 4.62. The fraction of sp³-hybridized carbons (Fsp3) is 0.444. The molecule has 1 aliphatic carbocycles. The van der Waals surface area contributed by atoms with Crippen LogP contribution in [0.15, 0.2) is 16.4 Å². The molecule has 0 spiro atoms. The SMILES string of the molecule is S=C=NC1CCCc2sccc21. The fourth-order valence-corrected chi connectivity index (χ4v) is 2.77. The van der Waals surface area contributed by atoms with Gasteiger partial charge in [0.25, 0.3) is 0 Å². The standard InChI is InChI=1S/C9H9NS2/c11-6-10-8-2-1-3-9-7(8)4-5-12-9/h4-5,8H,1-3H2. The maximum atomic E-state index is 4.62. The summed E-state index contributed by atoms with van der Waals surface area (Å²) in [7, 11) is 0. The molecular weight excluding hydrogens is 186 g/mol. The fourth-order valence-electron chi connectivity index (χ4n) is 1.66. The summed E-state index contributed by atoms with van der Waals surface area (Å²) in [6, 6.07) is 2.47. The smallest absolute Gasteiger partial charge is 0.0863 e. The van der Waals surface area contributed by atoms with Crippen LogP contribution in [0.2, 0.25) is 0 Å². The summed E-state index contributed by atoms with van der Waals surface area (Å²) < 4.78 is 0. The average Bonchev–Trinajstić information content (AvgIpc) is 2.53. The van der Waals surface area contributed by atoms with Crippen LogP contribution in [0.5, 0.6) is 0 Å². The third kappa shape index (κ3) is 1.36. The van der Waals surface area contributed by atoms with Gasteiger partial charge in [0.1, 0.15) is 0 Å². The molecule has 3 heteroatoms. The quantitative estimate of drug-likeness (QED) is 0.495. The van der Waals surface area contributed by atoms with Crippen molar-refractivity contribution in [3.63, 3.8) is 0 Å². The first-order chi connectivity index (χ1) is 5.92. The Hall–Kier alpha value is -0.500. The summed E-state index contributed by atoms with van der Waals surface area (Å²) >= 11 is 6.46. The first kappa shape index (κ1) is 8.11. The van der Waals surface area contributed by atoms with Gasteiger partial charge < -0.3 is 0 Å². The van der Waals surface area contributed by atoms with Gasteiger partial charge in [-0.15, -0.1) is 11.3 Å². The number of hydrogen-bond donors (Lipinski definition) is 0. The van der Waals surface area contributed by atoms with E-state index in [2.05, 4.69) is 33.8 Å². The Labute approximate surface area is 81.1 Å². The maximum Gasteiger partial charge on any atom is 0.0863 e. The van der Waals surface area contributed by atoms with Gasteiger partial charge in [-0.1, -0.05) is 0 Å². The van der Waals surface area contributed by atoms with E-state index in [-0.39, 0.29) is 0 Å². The average molecular weight is 195 g/mol. The molecule has 0 fully saturated rings. The highest BCUT2D eigenvalue weighted by Gasteiger charge is 2.19. The summed E-state index contributed by atoms with van der Waals surface area (Å²) in [5.41, 5.74) is 1.38. The monoisotopic (exact) mass is 195 g/mol. The van der Waals surface area contributed by atoms with Crippen LogP contribution >= 0.6 is 23.6 Å². The third-order valence-corrected chi connectivity index (χ3v) is 3.33. The van der Waals surface area contributed by atoms with E-state index in [4.69, 9.17) is 0 Å². The second-order valence-electron chi connectivity index (χ2n) is 2.93. The van der Waals surface area contributed by atoms with Gasteiger partial charge >= 0.3 is 0 Å². The number of isothiocyanates is 1. The molecular formula is C9H9NS2. The topological polar surface area (TPSA) is 12.4 Å². The molecule has 1 nitrogen and oxygen atoms in total. The molecule has 0 N–H and O–H groups in total. The van der Waals surface area contributed by atoms with Crippen LogP contribution in [0.3, 0.4) is 0 Å². The first-order valence-corrected chi connectivity index (χ1v) is 5.34. The molecule has 0 aromatic carbocycles. The predicted molar refractivity (Wildman–Crippen MR) is 55.0 cm³/mol. The van der Waals surface area contributed by atoms with Crippen molar-refractivity contribution in [2.75, 3.05) is 0 Å². The number of nitrogens with zero attached hydrogens (tertiary/aromatic N) is 1. The largest absolute Gasteiger partial charge is 0.224 e. The van der Waals surface area contributed by atoms with Crippen molar-refractivity contribution in [2.24, 2.45) is 4.99 Å². The van der Waals surface area contributed by atoms with Gasteiger partial charge in [0, 0.05) is 4.88 Å². The van der Waals surface area contributed by atoms with E-state index in [0.29, 0.717) is 6.04 Å². The van der Waals surface area contributed by atoms with Crippen LogP contribution in [-0.2, 0) is 6.42 Å². The van der Waals surface area contributed by atoms with Crippen molar-refractivity contribution >= 4 is 28.7 Å². The van der Waals surface area contributed by atoms with Crippen LogP contribution in [-0.4, -0.2) is 5.16 Å². The molecule has 0 amide bonds. The highest BCUT2D eigenvalue weighted by molar-refractivity contribution is 7.78. The highest BCUT2D eigenvalue weighted by atomic mass is 32.1. The van der Waals surface area contributed by atoms with Crippen LogP contribution in [0.4, 0.5) is 0 Å². The normalized spacial score (nSPS) is 21.2. The molecule has 1 heterocycles. The van der Waals surface area contributed by atoms with Crippen LogP contribution in [0, 0.1) is 0 Å². The number of hydrogen-bond acceptors (Lipinski definition) is 3. The van der Waals surface area contributed by atoms with Crippen LogP contribution < -0.4 is 0 Å². The van der Waals surface area contributed by atoms with Gasteiger partial charge in [0.2, 0.25) is 0 Å². The molecule has 0 radical (unpaired) electrons. The number of fused-ring (bicyclic) bond motifs is 1. The van der Waals surface area contributed by atoms with Gasteiger partial charge in [0.05, 0.1) is 11.2 Å². The highest BCUT2D eigenvalue weighted by Crippen LogP contribution is 2.35. The molecule has 12 heavy (non-hydrogen) atoms. The van der Waals surface area contributed by atoms with Crippen molar-refractivity contribution in [3.8, 4) is 0 Å². The first-order valence-electron chi connectivity index (χ1n) is 4.05. The zero-order chi connectivity index (χ0) is 8.39. The lowest BCUT2D eigenvalue weighted by molar-refractivity contribution is 0.583. The Morgan fingerprint density at radius 2 is 2.58 bits per heavy atom. The molecule has 0 saturated carbocycles. The van der Waals surface area contributed by atoms with Crippen molar-refractivity contribution in [2.45, 2.75) is 25.3 Å². The van der Waals surface area contributed by atoms with E-state index in [1.165, 1.54) is 23.3 Å². The second-order valence-corrected chi connectivity index (χ2v) is 4.11. The zero-order valence-electron chi connectivity index (χ0n) is 6.62. The molecule has 1 unspecified atom stereocenters. The molecule has 0 aliphatic heterocycles. The van der Waals surface area contributed by atoms with Crippen LogP contribution in [0.25, 0.3) is 0 Å². The maximum absolute atomic E-state index is 4.62. The molecule has 1 aromatic heterocycles. The number of thiocarbonyl (C=S) groups is 1. The van der Waals surface area contributed by atoms with Crippen molar-refractivity contribution < 1.29 is 0 Å². The summed E-state index contributed by atoms with van der Waals surface area (Å²) in [4.78, 5) is 5.66. The minimum atomic E-state index is 0.303. The zero-order valence-corrected chi connectivity index (χ0v) is 8.25. The Bertz CT molecular complexity index is 323. The van der Waals surface area contributed by atoms with E-state index < -0.39 is 0 Å². The third-order valence-electron chi connectivity index (χ3n) is 2.23. The minimum absolute atomic E-state index is 0.303. The van der Waals surface area contributed by atoms with Gasteiger partial charge in [-0.05, 0) is 48.5 Å². The van der Waals surface area contributed by atoms with E-state index in [9.17, 15) is 0 Å². The lowest BCUT2D eigenvalue weighted by atomic mass is 9.95. The Balaban J connectivity index is 2.37. The van der Waals surface area contributed by atoms with Gasteiger partial charge in [0.15, 0.2) is 0 Å². The molecule has 2 rings (SSSR count). The van der Waals surface area contributed by atoms with E-state index >= 15 is 0 Å². The van der Waals surface area contributed by atoms with Crippen molar-refractivity contribution in [3.05, 3.63) is 21.9 Å². The number of aryl methyl sites for hydroxylation is 1. The second kappa shape index (κ2) is 3.48. The van der Waals surface area contributed by atoms with E-state index in [1.807, 2.05) is 11.3 Å². The molecule has 1 aromatic rings. The number of rotatable bonds is 1. The van der Waals surface area contributed by atoms with Gasteiger partial charge in [-0.25, -0.2) is 4.99 Å². The molecule has 1 aliphatic rings. The van der Waals surface area contributed by atoms with E-state index in [0.717, 1.165) is 6.42 Å². The molecule has 0 bridgehead atoms. The molecule has 0 saturated heterocycles. The number of aliphatic imine (C=N–C) groups is 1. The van der Waals surface area contributed by atoms with Crippen LogP contribution in [0.1, 0.15) is 29.3 Å². The number of thiophene rings is 1. The van der Waals surface area contributed by atoms with E-state index in [1.54, 1.807) is 0 Å². The predicted octanol–water partition coefficient (Wildman–Crippen LogP) is 3.23. The lowest BCUT2D eigenvalue weighted by Gasteiger charge is -2.17. The van der Waals surface area contributed by atoms with Crippen molar-refractivity contribution in [1.82, 2.24) is 0 Å². The van der Waals surface area contributed by atoms with Gasteiger partial charge in [-0.2, -0.15) is 0 Å². The summed E-state index contributed by atoms with van der Waals surface area (Å²) in [5.74, 6) is 0. The lowest BCUT2D eigenvalue weighted by Crippen LogP contribution is -2.04. The van der Waals surface area contributed by atoms with Crippen molar-refractivity contribution in [1.29, 1.82) is 0 Å². The molecule has 1 atom stereocenters. The molecule has 62 valence electrons. The Morgan fingerprint density at radius 1 is 1.67 bits per heavy atom. The Morgan fingerprint density at radius 3 is 3.42 bits per heavy atom. The summed E-state index contributed by atoms with van der Waals surface area (Å²) in [6.45, 7) is 0. The van der Waals surface area contributed by atoms with Gasteiger partial charge in [-0.3, -0.25) is 0 Å². The summed E-state index contributed by atoms with van der Waals surface area (Å²) in [6.07, 6.45) is 3.59. The minimum Gasteiger partial charge on any atom is -0.224 e.